The van der Waals surface area contributed by atoms with Crippen LogP contribution in [-0.2, 0) is 22.6 Å². The third kappa shape index (κ3) is 6.22. The van der Waals surface area contributed by atoms with Crippen LogP contribution in [0.1, 0.15) is 29.8 Å². The van der Waals surface area contributed by atoms with E-state index in [0.717, 1.165) is 56.7 Å². The lowest BCUT2D eigenvalue weighted by Gasteiger charge is -2.27. The lowest BCUT2D eigenvalue weighted by Crippen LogP contribution is -2.49. The first-order chi connectivity index (χ1) is 17.8. The first-order valence-corrected chi connectivity index (χ1v) is 12.5. The lowest BCUT2D eigenvalue weighted by atomic mass is 9.92. The summed E-state index contributed by atoms with van der Waals surface area (Å²) in [5.41, 5.74) is 3.21. The number of carbonyl (C=O) groups excluding carboxylic acids is 2. The summed E-state index contributed by atoms with van der Waals surface area (Å²) in [5.74, 6) is 0.720. The molecule has 1 aromatic carbocycles. The number of benzene rings is 1. The van der Waals surface area contributed by atoms with E-state index in [-0.39, 0.29) is 17.7 Å². The molecule has 0 radical (unpaired) electrons. The fraction of sp³-hybridized carbons (Fsp3) is 0.500. The predicted octanol–water partition coefficient (Wildman–Crippen LogP) is 2.78. The largest absolute Gasteiger partial charge is 0.573 e. The Kier molecular flexibility index (Phi) is 7.34. The summed E-state index contributed by atoms with van der Waals surface area (Å²) in [4.78, 5) is 36.6. The van der Waals surface area contributed by atoms with Crippen molar-refractivity contribution >= 4 is 18.3 Å². The number of aldehydes is 1. The summed E-state index contributed by atoms with van der Waals surface area (Å²) in [5, 5.41) is 3.33. The highest BCUT2D eigenvalue weighted by Gasteiger charge is 2.39. The topological polar surface area (TPSA) is 90.6 Å². The number of fused-ring (bicyclic) bond motifs is 2. The Morgan fingerprint density at radius 2 is 1.84 bits per heavy atom. The second-order valence-electron chi connectivity index (χ2n) is 10.0. The van der Waals surface area contributed by atoms with Crippen molar-refractivity contribution in [2.24, 2.45) is 11.8 Å². The first kappa shape index (κ1) is 25.5. The third-order valence-corrected chi connectivity index (χ3v) is 7.57. The number of aromatic amines is 1. The lowest BCUT2D eigenvalue weighted by molar-refractivity contribution is -0.274. The Labute approximate surface area is 212 Å². The molecule has 4 heterocycles. The van der Waals surface area contributed by atoms with Gasteiger partial charge in [0, 0.05) is 38.2 Å². The van der Waals surface area contributed by atoms with Crippen molar-refractivity contribution in [2.75, 3.05) is 32.7 Å². The van der Waals surface area contributed by atoms with Gasteiger partial charge in [-0.05, 0) is 61.5 Å². The number of hydrogen-bond donors (Lipinski definition) is 2. The van der Waals surface area contributed by atoms with Crippen LogP contribution in [0.25, 0.3) is 6.08 Å². The van der Waals surface area contributed by atoms with Crippen LogP contribution < -0.4 is 10.1 Å². The van der Waals surface area contributed by atoms with E-state index in [1.54, 1.807) is 12.4 Å². The summed E-state index contributed by atoms with van der Waals surface area (Å²) in [6.45, 7) is 4.26. The van der Waals surface area contributed by atoms with Crippen molar-refractivity contribution in [1.29, 1.82) is 0 Å². The Balaban J connectivity index is 1.13. The number of alkyl halides is 3. The average Bonchev–Trinajstić information content (AvgIpc) is 3.47. The Bertz CT molecular complexity index is 1130. The summed E-state index contributed by atoms with van der Waals surface area (Å²) < 4.78 is 41.0. The van der Waals surface area contributed by atoms with E-state index < -0.39 is 6.36 Å². The predicted molar refractivity (Wildman–Crippen MR) is 129 cm³/mol. The monoisotopic (exact) mass is 517 g/mol. The van der Waals surface area contributed by atoms with Gasteiger partial charge in [0.15, 0.2) is 0 Å². The van der Waals surface area contributed by atoms with Gasteiger partial charge in [0.2, 0.25) is 5.91 Å². The second-order valence-corrected chi connectivity index (χ2v) is 10.0. The standard InChI is InChI=1S/C26H30F3N5O3/c27-26(28,29)37-21-3-1-17(2-4-21)9-18(15-35)12-33-7-5-19-13-34(14-20(19)6-8-33)25(36)23-10-22-24(11-30-23)32-16-31-22/h1-4,9,15-16,19-20,23,30H,5-8,10-14H2,(H,31,32)/b18-9-/t19-,20+,23-/m0/s1. The van der Waals surface area contributed by atoms with Gasteiger partial charge in [-0.15, -0.1) is 13.2 Å². The van der Waals surface area contributed by atoms with Crippen LogP contribution in [0.15, 0.2) is 36.2 Å². The number of rotatable bonds is 6. The van der Waals surface area contributed by atoms with Gasteiger partial charge in [-0.2, -0.15) is 0 Å². The van der Waals surface area contributed by atoms with Crippen LogP contribution in [-0.4, -0.2) is 77.1 Å². The quantitative estimate of drug-likeness (QED) is 0.453. The van der Waals surface area contributed by atoms with Crippen LogP contribution in [0.3, 0.4) is 0 Å². The van der Waals surface area contributed by atoms with E-state index in [1.807, 2.05) is 4.90 Å². The van der Waals surface area contributed by atoms with Gasteiger partial charge in [0.05, 0.1) is 23.8 Å². The molecule has 2 aromatic rings. The van der Waals surface area contributed by atoms with Gasteiger partial charge in [-0.25, -0.2) is 4.98 Å². The van der Waals surface area contributed by atoms with Crippen molar-refractivity contribution in [3.63, 3.8) is 0 Å². The summed E-state index contributed by atoms with van der Waals surface area (Å²) in [7, 11) is 0. The maximum atomic E-state index is 13.2. The summed E-state index contributed by atoms with van der Waals surface area (Å²) in [6.07, 6.45) is 1.94. The van der Waals surface area contributed by atoms with Gasteiger partial charge in [0.1, 0.15) is 12.0 Å². The third-order valence-electron chi connectivity index (χ3n) is 7.57. The van der Waals surface area contributed by atoms with E-state index in [1.165, 1.54) is 24.3 Å². The van der Waals surface area contributed by atoms with Crippen molar-refractivity contribution in [1.82, 2.24) is 25.1 Å². The molecule has 8 nitrogen and oxygen atoms in total. The molecule has 11 heteroatoms. The minimum absolute atomic E-state index is 0.149. The van der Waals surface area contributed by atoms with Gasteiger partial charge < -0.3 is 14.6 Å². The number of nitrogens with zero attached hydrogens (tertiary/aromatic N) is 3. The molecule has 3 aliphatic heterocycles. The SMILES string of the molecule is O=C/C(=C\c1ccc(OC(F)(F)F)cc1)CN1CC[C@@H]2CN(C(=O)[C@@H]3Cc4nc[nH]c4CN3)C[C@@H]2CC1. The van der Waals surface area contributed by atoms with Gasteiger partial charge in [-0.3, -0.25) is 19.8 Å². The zero-order chi connectivity index (χ0) is 26.0. The minimum atomic E-state index is -4.74. The fourth-order valence-electron chi connectivity index (χ4n) is 5.66. The van der Waals surface area contributed by atoms with E-state index in [4.69, 9.17) is 0 Å². The molecule has 3 aliphatic rings. The van der Waals surface area contributed by atoms with Crippen LogP contribution in [0, 0.1) is 11.8 Å². The average molecular weight is 518 g/mol. The molecule has 3 atom stereocenters. The Hall–Kier alpha value is -3.18. The highest BCUT2D eigenvalue weighted by Crippen LogP contribution is 2.33. The number of carbonyl (C=O) groups is 2. The number of hydrogen-bond acceptors (Lipinski definition) is 6. The summed E-state index contributed by atoms with van der Waals surface area (Å²) in [6, 6.07) is 5.23. The van der Waals surface area contributed by atoms with E-state index in [2.05, 4.69) is 24.9 Å². The molecular formula is C26H30F3N5O3. The maximum Gasteiger partial charge on any atom is 0.573 e. The van der Waals surface area contributed by atoms with Crippen LogP contribution in [0.2, 0.25) is 0 Å². The Morgan fingerprint density at radius 3 is 2.49 bits per heavy atom. The number of imidazole rings is 1. The van der Waals surface area contributed by atoms with Crippen LogP contribution in [0.4, 0.5) is 13.2 Å². The Morgan fingerprint density at radius 1 is 1.14 bits per heavy atom. The molecule has 0 aliphatic carbocycles. The number of likely N-dealkylation sites (tertiary alicyclic amines) is 2. The first-order valence-electron chi connectivity index (χ1n) is 12.5. The molecule has 0 unspecified atom stereocenters. The zero-order valence-corrected chi connectivity index (χ0v) is 20.3. The highest BCUT2D eigenvalue weighted by atomic mass is 19.4. The molecule has 5 rings (SSSR count). The molecule has 0 bridgehead atoms. The second kappa shape index (κ2) is 10.7. The van der Waals surface area contributed by atoms with E-state index >= 15 is 0 Å². The smallest absolute Gasteiger partial charge is 0.406 e. The minimum Gasteiger partial charge on any atom is -0.406 e. The molecule has 37 heavy (non-hydrogen) atoms. The van der Waals surface area contributed by atoms with E-state index in [0.29, 0.717) is 42.5 Å². The van der Waals surface area contributed by atoms with Crippen molar-refractivity contribution in [3.8, 4) is 5.75 Å². The molecule has 1 amide bonds. The van der Waals surface area contributed by atoms with Gasteiger partial charge in [0.25, 0.3) is 0 Å². The molecule has 0 saturated carbocycles. The number of amides is 1. The molecular weight excluding hydrogens is 487 g/mol. The van der Waals surface area contributed by atoms with Crippen molar-refractivity contribution in [2.45, 2.75) is 38.2 Å². The molecule has 2 saturated heterocycles. The number of nitrogens with one attached hydrogen (secondary N) is 2. The zero-order valence-electron chi connectivity index (χ0n) is 20.3. The number of ether oxygens (including phenoxy) is 1. The molecule has 198 valence electrons. The number of halogens is 3. The maximum absolute atomic E-state index is 13.2. The van der Waals surface area contributed by atoms with Crippen LogP contribution in [0.5, 0.6) is 5.75 Å². The van der Waals surface area contributed by atoms with Gasteiger partial charge in [-0.1, -0.05) is 12.1 Å². The molecule has 2 fully saturated rings. The highest BCUT2D eigenvalue weighted by molar-refractivity contribution is 5.83. The fourth-order valence-corrected chi connectivity index (χ4v) is 5.66. The normalized spacial score (nSPS) is 24.8. The van der Waals surface area contributed by atoms with Crippen molar-refractivity contribution < 1.29 is 27.5 Å². The molecule has 0 spiro atoms. The number of H-pyrrole nitrogens is 1. The van der Waals surface area contributed by atoms with Crippen molar-refractivity contribution in [3.05, 3.63) is 53.1 Å². The van der Waals surface area contributed by atoms with Gasteiger partial charge >= 0.3 is 6.36 Å². The van der Waals surface area contributed by atoms with E-state index in [9.17, 15) is 22.8 Å². The molecule has 1 aromatic heterocycles. The summed E-state index contributed by atoms with van der Waals surface area (Å²) >= 11 is 0. The van der Waals surface area contributed by atoms with Crippen LogP contribution >= 0.6 is 0 Å². The number of aromatic nitrogens is 2. The molecule has 2 N–H and O–H groups in total.